The first-order chi connectivity index (χ1) is 8.10. The van der Waals surface area contributed by atoms with E-state index in [1.165, 1.54) is 31.4 Å². The molecule has 17 heavy (non-hydrogen) atoms. The fourth-order valence-corrected chi connectivity index (χ4v) is 3.68. The van der Waals surface area contributed by atoms with E-state index in [2.05, 4.69) is 20.8 Å². The summed E-state index contributed by atoms with van der Waals surface area (Å²) in [5, 5.41) is 0. The van der Waals surface area contributed by atoms with Gasteiger partial charge in [-0.3, -0.25) is 0 Å². The molecular formula is C14H17BrFN. The van der Waals surface area contributed by atoms with E-state index in [1.54, 1.807) is 6.07 Å². The zero-order valence-corrected chi connectivity index (χ0v) is 11.7. The van der Waals surface area contributed by atoms with Gasteiger partial charge >= 0.3 is 0 Å². The number of halogens is 2. The molecule has 2 fully saturated rings. The average Bonchev–Trinajstić information content (AvgIpc) is 2.70. The third kappa shape index (κ3) is 1.88. The summed E-state index contributed by atoms with van der Waals surface area (Å²) in [5.74, 6) is -0.164. The molecule has 0 N–H and O–H groups in total. The number of nitrogens with zero attached hydrogens (tertiary/aromatic N) is 1. The summed E-state index contributed by atoms with van der Waals surface area (Å²) in [6.07, 6.45) is 5.54. The molecule has 0 aromatic heterocycles. The lowest BCUT2D eigenvalue weighted by atomic mass is 9.78. The van der Waals surface area contributed by atoms with Gasteiger partial charge in [0.25, 0.3) is 0 Å². The molecule has 1 aromatic carbocycles. The highest BCUT2D eigenvalue weighted by Crippen LogP contribution is 2.47. The van der Waals surface area contributed by atoms with Crippen LogP contribution in [0.2, 0.25) is 0 Å². The Bertz CT molecular complexity index is 444. The maximum Gasteiger partial charge on any atom is 0.137 e. The molecule has 0 radical (unpaired) electrons. The van der Waals surface area contributed by atoms with Crippen molar-refractivity contribution in [1.29, 1.82) is 0 Å². The molecule has 3 rings (SSSR count). The number of rotatable bonds is 1. The van der Waals surface area contributed by atoms with E-state index >= 15 is 0 Å². The molecule has 1 spiro atoms. The van der Waals surface area contributed by atoms with Gasteiger partial charge in [0.05, 0.1) is 4.47 Å². The quantitative estimate of drug-likeness (QED) is 0.748. The Morgan fingerprint density at radius 2 is 1.88 bits per heavy atom. The Hall–Kier alpha value is -0.570. The molecule has 92 valence electrons. The highest BCUT2D eigenvalue weighted by atomic mass is 79.9. The topological polar surface area (TPSA) is 3.24 Å². The van der Waals surface area contributed by atoms with Gasteiger partial charge < -0.3 is 4.90 Å². The van der Waals surface area contributed by atoms with Crippen LogP contribution in [0.15, 0.2) is 16.6 Å². The minimum absolute atomic E-state index is 0.164. The first kappa shape index (κ1) is 11.5. The van der Waals surface area contributed by atoms with Gasteiger partial charge in [0.15, 0.2) is 0 Å². The monoisotopic (exact) mass is 297 g/mol. The Balaban J connectivity index is 1.80. The zero-order chi connectivity index (χ0) is 12.0. The zero-order valence-electron chi connectivity index (χ0n) is 10.1. The van der Waals surface area contributed by atoms with Crippen LogP contribution in [0, 0.1) is 18.2 Å². The van der Waals surface area contributed by atoms with Crippen molar-refractivity contribution in [2.75, 3.05) is 18.0 Å². The molecular weight excluding hydrogens is 281 g/mol. The molecule has 1 aliphatic carbocycles. The molecule has 1 saturated heterocycles. The number of benzene rings is 1. The molecule has 1 saturated carbocycles. The molecule has 3 heteroatoms. The normalized spacial score (nSPS) is 21.9. The molecule has 0 atom stereocenters. The minimum atomic E-state index is -0.164. The van der Waals surface area contributed by atoms with Crippen LogP contribution in [0.4, 0.5) is 10.1 Å². The summed E-state index contributed by atoms with van der Waals surface area (Å²) >= 11 is 3.28. The average molecular weight is 298 g/mol. The highest BCUT2D eigenvalue weighted by molar-refractivity contribution is 9.10. The standard InChI is InChI=1S/C14H17BrFN/c1-10-6-12(16)11(15)7-13(10)17-8-14(9-17)4-2-3-5-14/h6-7H,2-5,8-9H2,1H3. The van der Waals surface area contributed by atoms with Gasteiger partial charge in [-0.15, -0.1) is 0 Å². The summed E-state index contributed by atoms with van der Waals surface area (Å²) in [4.78, 5) is 2.39. The molecule has 0 unspecified atom stereocenters. The molecule has 1 heterocycles. The van der Waals surface area contributed by atoms with Crippen molar-refractivity contribution in [2.45, 2.75) is 32.6 Å². The SMILES string of the molecule is Cc1cc(F)c(Br)cc1N1CC2(CCCC2)C1. The maximum absolute atomic E-state index is 13.4. The highest BCUT2D eigenvalue weighted by Gasteiger charge is 2.44. The number of hydrogen-bond donors (Lipinski definition) is 0. The van der Waals surface area contributed by atoms with Crippen molar-refractivity contribution >= 4 is 21.6 Å². The van der Waals surface area contributed by atoms with Gasteiger partial charge in [-0.2, -0.15) is 0 Å². The summed E-state index contributed by atoms with van der Waals surface area (Å²) in [7, 11) is 0. The predicted octanol–water partition coefficient (Wildman–Crippen LogP) is 4.28. The van der Waals surface area contributed by atoms with Crippen LogP contribution in [0.25, 0.3) is 0 Å². The van der Waals surface area contributed by atoms with Crippen LogP contribution in [-0.2, 0) is 0 Å². The van der Waals surface area contributed by atoms with E-state index in [0.717, 1.165) is 18.7 Å². The second-order valence-corrected chi connectivity index (χ2v) is 6.47. The molecule has 2 aliphatic rings. The van der Waals surface area contributed by atoms with Crippen molar-refractivity contribution in [1.82, 2.24) is 0 Å². The van der Waals surface area contributed by atoms with Crippen LogP contribution in [0.3, 0.4) is 0 Å². The van der Waals surface area contributed by atoms with Crippen LogP contribution < -0.4 is 4.90 Å². The summed E-state index contributed by atoms with van der Waals surface area (Å²) in [5.41, 5.74) is 2.82. The van der Waals surface area contributed by atoms with E-state index in [1.807, 2.05) is 13.0 Å². The third-order valence-electron chi connectivity index (χ3n) is 4.30. The first-order valence-electron chi connectivity index (χ1n) is 6.30. The smallest absolute Gasteiger partial charge is 0.137 e. The second-order valence-electron chi connectivity index (χ2n) is 5.62. The molecule has 0 amide bonds. The Morgan fingerprint density at radius 1 is 1.24 bits per heavy atom. The van der Waals surface area contributed by atoms with E-state index in [-0.39, 0.29) is 5.82 Å². The van der Waals surface area contributed by atoms with Crippen molar-refractivity contribution in [3.05, 3.63) is 28.0 Å². The Morgan fingerprint density at radius 3 is 2.53 bits per heavy atom. The van der Waals surface area contributed by atoms with Gasteiger partial charge in [0, 0.05) is 24.2 Å². The third-order valence-corrected chi connectivity index (χ3v) is 4.90. The molecule has 1 aromatic rings. The summed E-state index contributed by atoms with van der Waals surface area (Å²) in [6.45, 7) is 4.31. The molecule has 1 aliphatic heterocycles. The molecule has 1 nitrogen and oxygen atoms in total. The van der Waals surface area contributed by atoms with Gasteiger partial charge in [0.1, 0.15) is 5.82 Å². The van der Waals surface area contributed by atoms with Crippen molar-refractivity contribution in [3.8, 4) is 0 Å². The Labute approximate surface area is 110 Å². The summed E-state index contributed by atoms with van der Waals surface area (Å²) in [6, 6.07) is 3.55. The van der Waals surface area contributed by atoms with Crippen molar-refractivity contribution in [2.24, 2.45) is 5.41 Å². The molecule has 0 bridgehead atoms. The van der Waals surface area contributed by atoms with Gasteiger partial charge in [-0.05, 0) is 53.4 Å². The van der Waals surface area contributed by atoms with Gasteiger partial charge in [0.2, 0.25) is 0 Å². The lowest BCUT2D eigenvalue weighted by Crippen LogP contribution is -2.55. The second kappa shape index (κ2) is 3.98. The van der Waals surface area contributed by atoms with Crippen molar-refractivity contribution in [3.63, 3.8) is 0 Å². The maximum atomic E-state index is 13.4. The number of aryl methyl sites for hydroxylation is 1. The number of hydrogen-bond acceptors (Lipinski definition) is 1. The number of anilines is 1. The van der Waals surface area contributed by atoms with Gasteiger partial charge in [-0.25, -0.2) is 4.39 Å². The predicted molar refractivity (Wildman–Crippen MR) is 72.0 cm³/mol. The van der Waals surface area contributed by atoms with Crippen LogP contribution >= 0.6 is 15.9 Å². The minimum Gasteiger partial charge on any atom is -0.370 e. The van der Waals surface area contributed by atoms with E-state index in [4.69, 9.17) is 0 Å². The fourth-order valence-electron chi connectivity index (χ4n) is 3.35. The lowest BCUT2D eigenvalue weighted by Gasteiger charge is -2.50. The van der Waals surface area contributed by atoms with E-state index in [0.29, 0.717) is 9.89 Å². The van der Waals surface area contributed by atoms with E-state index in [9.17, 15) is 4.39 Å². The van der Waals surface area contributed by atoms with Crippen LogP contribution in [0.1, 0.15) is 31.2 Å². The van der Waals surface area contributed by atoms with Crippen LogP contribution in [-0.4, -0.2) is 13.1 Å². The lowest BCUT2D eigenvalue weighted by molar-refractivity contribution is 0.221. The van der Waals surface area contributed by atoms with Crippen molar-refractivity contribution < 1.29 is 4.39 Å². The summed E-state index contributed by atoms with van der Waals surface area (Å²) < 4.78 is 13.9. The first-order valence-corrected chi connectivity index (χ1v) is 7.10. The largest absolute Gasteiger partial charge is 0.370 e. The fraction of sp³-hybridized carbons (Fsp3) is 0.571. The van der Waals surface area contributed by atoms with Crippen LogP contribution in [0.5, 0.6) is 0 Å². The Kier molecular flexibility index (Phi) is 2.69. The van der Waals surface area contributed by atoms with E-state index < -0.39 is 0 Å². The van der Waals surface area contributed by atoms with Gasteiger partial charge in [-0.1, -0.05) is 12.8 Å².